The Labute approximate surface area is 134 Å². The number of amides is 1. The van der Waals surface area contributed by atoms with E-state index in [1.54, 1.807) is 13.0 Å². The van der Waals surface area contributed by atoms with Crippen LogP contribution in [0.25, 0.3) is 6.08 Å². The minimum Gasteiger partial charge on any atom is -0.507 e. The first-order valence-corrected chi connectivity index (χ1v) is 7.14. The van der Waals surface area contributed by atoms with E-state index in [9.17, 15) is 14.7 Å². The molecular formula is C18H17NO4. The molecule has 118 valence electrons. The third-order valence-corrected chi connectivity index (χ3v) is 2.99. The minimum absolute atomic E-state index is 0.0108. The van der Waals surface area contributed by atoms with Crippen molar-refractivity contribution in [3.63, 3.8) is 0 Å². The standard InChI is InChI=1S/C18H17NO4/c1-2-23-18(22)15-12-14(9-10-16(15)20)19-17(21)11-8-13-6-4-3-5-7-13/h3-12,20H,2H2,1H3,(H,19,21)/b11-8+. The zero-order valence-corrected chi connectivity index (χ0v) is 12.7. The number of hydrogen-bond donors (Lipinski definition) is 2. The van der Waals surface area contributed by atoms with Gasteiger partial charge < -0.3 is 15.2 Å². The molecule has 2 N–H and O–H groups in total. The van der Waals surface area contributed by atoms with Crippen LogP contribution in [0.15, 0.2) is 54.6 Å². The Balaban J connectivity index is 2.08. The van der Waals surface area contributed by atoms with Gasteiger partial charge in [0.1, 0.15) is 11.3 Å². The molecule has 5 nitrogen and oxygen atoms in total. The van der Waals surface area contributed by atoms with Gasteiger partial charge in [0, 0.05) is 11.8 Å². The molecule has 0 atom stereocenters. The lowest BCUT2D eigenvalue weighted by Crippen LogP contribution is -2.10. The molecule has 0 aliphatic rings. The number of phenols is 1. The highest BCUT2D eigenvalue weighted by atomic mass is 16.5. The number of anilines is 1. The number of ether oxygens (including phenoxy) is 1. The Bertz CT molecular complexity index is 723. The summed E-state index contributed by atoms with van der Waals surface area (Å²) in [7, 11) is 0. The van der Waals surface area contributed by atoms with Crippen LogP contribution in [-0.2, 0) is 9.53 Å². The van der Waals surface area contributed by atoms with Crippen LogP contribution in [0.1, 0.15) is 22.8 Å². The van der Waals surface area contributed by atoms with Crippen LogP contribution in [0.4, 0.5) is 5.69 Å². The van der Waals surface area contributed by atoms with Crippen LogP contribution >= 0.6 is 0 Å². The number of esters is 1. The molecule has 5 heteroatoms. The third kappa shape index (κ3) is 4.71. The number of carbonyl (C=O) groups is 2. The molecule has 0 aromatic heterocycles. The van der Waals surface area contributed by atoms with E-state index in [-0.39, 0.29) is 23.8 Å². The van der Waals surface area contributed by atoms with E-state index in [2.05, 4.69) is 5.32 Å². The van der Waals surface area contributed by atoms with E-state index in [1.165, 1.54) is 24.3 Å². The Kier molecular flexibility index (Phi) is 5.52. The molecule has 23 heavy (non-hydrogen) atoms. The SMILES string of the molecule is CCOC(=O)c1cc(NC(=O)/C=C/c2ccccc2)ccc1O. The number of hydrogen-bond acceptors (Lipinski definition) is 4. The van der Waals surface area contributed by atoms with Crippen LogP contribution in [0, 0.1) is 0 Å². The largest absolute Gasteiger partial charge is 0.507 e. The highest BCUT2D eigenvalue weighted by molar-refractivity contribution is 6.03. The third-order valence-electron chi connectivity index (χ3n) is 2.99. The molecule has 0 fully saturated rings. The van der Waals surface area contributed by atoms with Crippen molar-refractivity contribution >= 4 is 23.6 Å². The summed E-state index contributed by atoms with van der Waals surface area (Å²) in [6, 6.07) is 13.6. The Hall–Kier alpha value is -3.08. The van der Waals surface area contributed by atoms with Crippen molar-refractivity contribution in [1.29, 1.82) is 0 Å². The molecule has 0 bridgehead atoms. The summed E-state index contributed by atoms with van der Waals surface area (Å²) >= 11 is 0. The van der Waals surface area contributed by atoms with Gasteiger partial charge in [-0.2, -0.15) is 0 Å². The van der Waals surface area contributed by atoms with Gasteiger partial charge in [-0.25, -0.2) is 4.79 Å². The summed E-state index contributed by atoms with van der Waals surface area (Å²) < 4.78 is 4.85. The Morgan fingerprint density at radius 2 is 1.91 bits per heavy atom. The quantitative estimate of drug-likeness (QED) is 0.505. The summed E-state index contributed by atoms with van der Waals surface area (Å²) in [5.74, 6) is -1.17. The zero-order valence-electron chi connectivity index (χ0n) is 12.7. The molecule has 0 spiro atoms. The monoisotopic (exact) mass is 311 g/mol. The molecule has 2 aromatic rings. The molecule has 0 aliphatic carbocycles. The highest BCUT2D eigenvalue weighted by Gasteiger charge is 2.13. The molecule has 0 saturated carbocycles. The predicted octanol–water partition coefficient (Wildman–Crippen LogP) is 3.22. The molecular weight excluding hydrogens is 294 g/mol. The lowest BCUT2D eigenvalue weighted by molar-refractivity contribution is -0.111. The van der Waals surface area contributed by atoms with Crippen LogP contribution in [0.5, 0.6) is 5.75 Å². The maximum Gasteiger partial charge on any atom is 0.341 e. The average Bonchev–Trinajstić information content (AvgIpc) is 2.56. The molecule has 1 amide bonds. The van der Waals surface area contributed by atoms with Crippen molar-refractivity contribution in [3.05, 3.63) is 65.7 Å². The summed E-state index contributed by atoms with van der Waals surface area (Å²) in [5.41, 5.74) is 1.31. The lowest BCUT2D eigenvalue weighted by atomic mass is 10.1. The first-order valence-electron chi connectivity index (χ1n) is 7.14. The second-order valence-electron chi connectivity index (χ2n) is 4.69. The second-order valence-corrected chi connectivity index (χ2v) is 4.69. The lowest BCUT2D eigenvalue weighted by Gasteiger charge is -2.07. The van der Waals surface area contributed by atoms with E-state index >= 15 is 0 Å². The maximum absolute atomic E-state index is 11.9. The van der Waals surface area contributed by atoms with Crippen molar-refractivity contribution in [1.82, 2.24) is 0 Å². The molecule has 2 aromatic carbocycles. The van der Waals surface area contributed by atoms with Gasteiger partial charge in [0.15, 0.2) is 0 Å². The van der Waals surface area contributed by atoms with Crippen molar-refractivity contribution < 1.29 is 19.4 Å². The van der Waals surface area contributed by atoms with Crippen molar-refractivity contribution in [2.45, 2.75) is 6.92 Å². The van der Waals surface area contributed by atoms with Crippen LogP contribution < -0.4 is 5.32 Å². The summed E-state index contributed by atoms with van der Waals surface area (Å²) in [6.45, 7) is 1.88. The highest BCUT2D eigenvalue weighted by Crippen LogP contribution is 2.22. The molecule has 0 unspecified atom stereocenters. The van der Waals surface area contributed by atoms with Crippen molar-refractivity contribution in [2.75, 3.05) is 11.9 Å². The van der Waals surface area contributed by atoms with Gasteiger partial charge in [-0.1, -0.05) is 30.3 Å². The topological polar surface area (TPSA) is 75.6 Å². The van der Waals surface area contributed by atoms with Gasteiger partial charge >= 0.3 is 5.97 Å². The smallest absolute Gasteiger partial charge is 0.341 e. The van der Waals surface area contributed by atoms with Gasteiger partial charge in [0.25, 0.3) is 0 Å². The normalized spacial score (nSPS) is 10.5. The number of rotatable bonds is 5. The van der Waals surface area contributed by atoms with Crippen molar-refractivity contribution in [2.24, 2.45) is 0 Å². The number of aromatic hydroxyl groups is 1. The van der Waals surface area contributed by atoms with Gasteiger partial charge in [0.2, 0.25) is 5.91 Å². The number of phenolic OH excluding ortho intramolecular Hbond substituents is 1. The fraction of sp³-hybridized carbons (Fsp3) is 0.111. The van der Waals surface area contributed by atoms with Crippen LogP contribution in [0.2, 0.25) is 0 Å². The van der Waals surface area contributed by atoms with E-state index < -0.39 is 5.97 Å². The number of carbonyl (C=O) groups excluding carboxylic acids is 2. The van der Waals surface area contributed by atoms with Gasteiger partial charge in [-0.15, -0.1) is 0 Å². The zero-order chi connectivity index (χ0) is 16.7. The van der Waals surface area contributed by atoms with Gasteiger partial charge in [0.05, 0.1) is 6.61 Å². The van der Waals surface area contributed by atoms with E-state index in [0.717, 1.165) is 5.56 Å². The average molecular weight is 311 g/mol. The van der Waals surface area contributed by atoms with Crippen molar-refractivity contribution in [3.8, 4) is 5.75 Å². The fourth-order valence-electron chi connectivity index (χ4n) is 1.91. The predicted molar refractivity (Wildman–Crippen MR) is 88.2 cm³/mol. The molecule has 0 heterocycles. The fourth-order valence-corrected chi connectivity index (χ4v) is 1.91. The summed E-state index contributed by atoms with van der Waals surface area (Å²) in [5, 5.41) is 12.3. The number of nitrogens with one attached hydrogen (secondary N) is 1. The molecule has 0 radical (unpaired) electrons. The van der Waals surface area contributed by atoms with E-state index in [0.29, 0.717) is 5.69 Å². The first kappa shape index (κ1) is 16.3. The molecule has 0 saturated heterocycles. The minimum atomic E-state index is -0.638. The summed E-state index contributed by atoms with van der Waals surface area (Å²) in [4.78, 5) is 23.6. The van der Waals surface area contributed by atoms with Crippen LogP contribution in [-0.4, -0.2) is 23.6 Å². The molecule has 0 aliphatic heterocycles. The first-order chi connectivity index (χ1) is 11.1. The Morgan fingerprint density at radius 1 is 1.17 bits per heavy atom. The summed E-state index contributed by atoms with van der Waals surface area (Å²) in [6.07, 6.45) is 3.08. The van der Waals surface area contributed by atoms with Crippen LogP contribution in [0.3, 0.4) is 0 Å². The maximum atomic E-state index is 11.9. The molecule has 2 rings (SSSR count). The van der Waals surface area contributed by atoms with Gasteiger partial charge in [-0.05, 0) is 36.8 Å². The Morgan fingerprint density at radius 3 is 2.61 bits per heavy atom. The van der Waals surface area contributed by atoms with Gasteiger partial charge in [-0.3, -0.25) is 4.79 Å². The number of benzene rings is 2. The second kappa shape index (κ2) is 7.79. The van der Waals surface area contributed by atoms with E-state index in [1.807, 2.05) is 30.3 Å². The van der Waals surface area contributed by atoms with E-state index in [4.69, 9.17) is 4.74 Å².